The number of hydrogen-bond acceptors (Lipinski definition) is 6. The summed E-state index contributed by atoms with van der Waals surface area (Å²) in [6, 6.07) is 6.83. The Morgan fingerprint density at radius 3 is 2.78 bits per heavy atom. The minimum absolute atomic E-state index is 0.277. The summed E-state index contributed by atoms with van der Waals surface area (Å²) in [5.74, 6) is 1.03. The van der Waals surface area contributed by atoms with Crippen LogP contribution in [0.1, 0.15) is 39.2 Å². The van der Waals surface area contributed by atoms with E-state index < -0.39 is 5.60 Å². The molecule has 1 saturated heterocycles. The lowest BCUT2D eigenvalue weighted by Crippen LogP contribution is -2.44. The van der Waals surface area contributed by atoms with Crippen molar-refractivity contribution in [3.8, 4) is 11.4 Å². The van der Waals surface area contributed by atoms with E-state index in [-0.39, 0.29) is 6.04 Å². The molecule has 1 aliphatic heterocycles. The highest BCUT2D eigenvalue weighted by atomic mass is 35.5. The van der Waals surface area contributed by atoms with Crippen LogP contribution < -0.4 is 4.90 Å². The monoisotopic (exact) mass is 389 g/mol. The van der Waals surface area contributed by atoms with E-state index >= 15 is 0 Å². The second-order valence-electron chi connectivity index (χ2n) is 7.51. The smallest absolute Gasteiger partial charge is 0.324 e. The van der Waals surface area contributed by atoms with Crippen LogP contribution >= 0.6 is 11.6 Å². The first-order valence-corrected chi connectivity index (χ1v) is 9.87. The number of nitrogens with zero attached hydrogens (tertiary/aromatic N) is 5. The van der Waals surface area contributed by atoms with Gasteiger partial charge in [0.2, 0.25) is 5.82 Å². The van der Waals surface area contributed by atoms with E-state index in [1.807, 2.05) is 34.0 Å². The predicted molar refractivity (Wildman–Crippen MR) is 105 cm³/mol. The number of hydrogen-bond donors (Lipinski definition) is 1. The molecule has 2 aromatic heterocycles. The van der Waals surface area contributed by atoms with Crippen LogP contribution in [0.5, 0.6) is 0 Å². The SMILES string of the molecule is CC(C)n1ncc2ccc(-c3noc(N4CCC(O)(CCCl)CC4)n3)cc21. The lowest BCUT2D eigenvalue weighted by Gasteiger charge is -2.36. The molecule has 3 heterocycles. The Kier molecular flexibility index (Phi) is 4.82. The Balaban J connectivity index is 1.55. The first kappa shape index (κ1) is 18.3. The topological polar surface area (TPSA) is 80.2 Å². The van der Waals surface area contributed by atoms with Crippen molar-refractivity contribution in [1.82, 2.24) is 19.9 Å². The fourth-order valence-corrected chi connectivity index (χ4v) is 3.94. The number of halogens is 1. The number of benzene rings is 1. The number of rotatable bonds is 5. The highest BCUT2D eigenvalue weighted by molar-refractivity contribution is 6.17. The molecular formula is C19H24ClN5O2. The number of anilines is 1. The van der Waals surface area contributed by atoms with E-state index in [4.69, 9.17) is 16.1 Å². The van der Waals surface area contributed by atoms with E-state index in [2.05, 4.69) is 29.1 Å². The van der Waals surface area contributed by atoms with Crippen molar-refractivity contribution >= 4 is 28.5 Å². The molecule has 0 amide bonds. The van der Waals surface area contributed by atoms with Gasteiger partial charge in [-0.3, -0.25) is 4.68 Å². The van der Waals surface area contributed by atoms with Crippen molar-refractivity contribution in [1.29, 1.82) is 0 Å². The molecule has 1 fully saturated rings. The molecule has 0 spiro atoms. The highest BCUT2D eigenvalue weighted by Crippen LogP contribution is 2.30. The molecule has 1 aliphatic rings. The van der Waals surface area contributed by atoms with Crippen LogP contribution in [0.3, 0.4) is 0 Å². The molecule has 0 unspecified atom stereocenters. The molecule has 144 valence electrons. The number of aliphatic hydroxyl groups is 1. The van der Waals surface area contributed by atoms with Crippen LogP contribution in [0.15, 0.2) is 28.9 Å². The van der Waals surface area contributed by atoms with Crippen LogP contribution in [0.4, 0.5) is 6.01 Å². The number of piperidine rings is 1. The summed E-state index contributed by atoms with van der Waals surface area (Å²) in [6.45, 7) is 5.56. The largest absolute Gasteiger partial charge is 0.390 e. The van der Waals surface area contributed by atoms with Gasteiger partial charge in [0, 0.05) is 36.0 Å². The molecule has 1 aromatic carbocycles. The van der Waals surface area contributed by atoms with Gasteiger partial charge in [-0.2, -0.15) is 10.1 Å². The summed E-state index contributed by atoms with van der Waals surface area (Å²) in [5.41, 5.74) is 1.27. The zero-order chi connectivity index (χ0) is 19.0. The quantitative estimate of drug-likeness (QED) is 0.671. The fraction of sp³-hybridized carbons (Fsp3) is 0.526. The minimum atomic E-state index is -0.679. The summed E-state index contributed by atoms with van der Waals surface area (Å²) in [5, 5.41) is 20.2. The molecule has 0 saturated carbocycles. The molecule has 0 radical (unpaired) electrons. The molecule has 0 bridgehead atoms. The zero-order valence-electron chi connectivity index (χ0n) is 15.6. The normalized spacial score (nSPS) is 17.1. The lowest BCUT2D eigenvalue weighted by molar-refractivity contribution is 0.0125. The van der Waals surface area contributed by atoms with Gasteiger partial charge < -0.3 is 14.5 Å². The Morgan fingerprint density at radius 2 is 2.07 bits per heavy atom. The molecule has 0 aliphatic carbocycles. The van der Waals surface area contributed by atoms with E-state index in [0.717, 1.165) is 16.5 Å². The van der Waals surface area contributed by atoms with Gasteiger partial charge in [-0.15, -0.1) is 11.6 Å². The molecule has 7 nitrogen and oxygen atoms in total. The van der Waals surface area contributed by atoms with E-state index in [1.165, 1.54) is 0 Å². The van der Waals surface area contributed by atoms with Gasteiger partial charge in [-0.25, -0.2) is 0 Å². The number of fused-ring (bicyclic) bond motifs is 1. The lowest BCUT2D eigenvalue weighted by atomic mass is 9.89. The summed E-state index contributed by atoms with van der Waals surface area (Å²) < 4.78 is 7.48. The van der Waals surface area contributed by atoms with Crippen molar-refractivity contribution in [3.05, 3.63) is 24.4 Å². The van der Waals surface area contributed by atoms with Crippen molar-refractivity contribution < 1.29 is 9.63 Å². The standard InChI is InChI=1S/C19H24ClN5O2/c1-13(2)25-16-11-14(3-4-15(16)12-21-25)17-22-18(27-23-17)24-9-6-19(26,5-8-20)7-10-24/h3-4,11-13,26H,5-10H2,1-2H3. The van der Waals surface area contributed by atoms with Crippen LogP contribution in [-0.2, 0) is 0 Å². The third-order valence-electron chi connectivity index (χ3n) is 5.29. The van der Waals surface area contributed by atoms with Gasteiger partial charge >= 0.3 is 6.01 Å². The van der Waals surface area contributed by atoms with E-state index in [9.17, 15) is 5.11 Å². The third-order valence-corrected chi connectivity index (χ3v) is 5.47. The molecule has 4 rings (SSSR count). The summed E-state index contributed by atoms with van der Waals surface area (Å²) in [4.78, 5) is 6.60. The van der Waals surface area contributed by atoms with E-state index in [1.54, 1.807) is 0 Å². The first-order chi connectivity index (χ1) is 13.0. The van der Waals surface area contributed by atoms with Crippen LogP contribution in [0, 0.1) is 0 Å². The average Bonchev–Trinajstić information content (AvgIpc) is 3.29. The van der Waals surface area contributed by atoms with E-state index in [0.29, 0.717) is 50.1 Å². The summed E-state index contributed by atoms with van der Waals surface area (Å²) >= 11 is 5.79. The van der Waals surface area contributed by atoms with Gasteiger partial charge in [0.25, 0.3) is 0 Å². The Morgan fingerprint density at radius 1 is 1.30 bits per heavy atom. The van der Waals surface area contributed by atoms with Crippen LogP contribution in [0.2, 0.25) is 0 Å². The molecule has 27 heavy (non-hydrogen) atoms. The Labute approximate surface area is 162 Å². The van der Waals surface area contributed by atoms with Gasteiger partial charge in [0.05, 0.1) is 17.3 Å². The third kappa shape index (κ3) is 3.53. The molecule has 3 aromatic rings. The zero-order valence-corrected chi connectivity index (χ0v) is 16.4. The summed E-state index contributed by atoms with van der Waals surface area (Å²) in [6.07, 6.45) is 3.78. The highest BCUT2D eigenvalue weighted by Gasteiger charge is 2.33. The molecule has 1 N–H and O–H groups in total. The Hall–Kier alpha value is -2.12. The van der Waals surface area contributed by atoms with Gasteiger partial charge in [0.1, 0.15) is 0 Å². The van der Waals surface area contributed by atoms with Crippen LogP contribution in [0.25, 0.3) is 22.3 Å². The number of alkyl halides is 1. The second-order valence-corrected chi connectivity index (χ2v) is 7.89. The maximum absolute atomic E-state index is 10.5. The van der Waals surface area contributed by atoms with Crippen molar-refractivity contribution in [3.63, 3.8) is 0 Å². The second kappa shape index (κ2) is 7.13. The maximum atomic E-state index is 10.5. The van der Waals surface area contributed by atoms with Crippen LogP contribution in [-0.4, -0.2) is 49.6 Å². The number of aromatic nitrogens is 4. The van der Waals surface area contributed by atoms with Gasteiger partial charge in [0.15, 0.2) is 0 Å². The Bertz CT molecular complexity index is 927. The average molecular weight is 390 g/mol. The molecule has 0 atom stereocenters. The van der Waals surface area contributed by atoms with Gasteiger partial charge in [-0.1, -0.05) is 17.3 Å². The maximum Gasteiger partial charge on any atom is 0.324 e. The molecule has 8 heteroatoms. The van der Waals surface area contributed by atoms with Crippen molar-refractivity contribution in [2.45, 2.75) is 44.8 Å². The molecular weight excluding hydrogens is 366 g/mol. The summed E-state index contributed by atoms with van der Waals surface area (Å²) in [7, 11) is 0. The van der Waals surface area contributed by atoms with Gasteiger partial charge in [-0.05, 0) is 39.2 Å². The van der Waals surface area contributed by atoms with Crippen molar-refractivity contribution in [2.75, 3.05) is 23.9 Å². The first-order valence-electron chi connectivity index (χ1n) is 9.34. The fourth-order valence-electron chi connectivity index (χ4n) is 3.59. The minimum Gasteiger partial charge on any atom is -0.390 e. The predicted octanol–water partition coefficient (Wildman–Crippen LogP) is 3.63. The van der Waals surface area contributed by atoms with Crippen molar-refractivity contribution in [2.24, 2.45) is 0 Å².